The van der Waals surface area contributed by atoms with Crippen LogP contribution in [-0.4, -0.2) is 60.0 Å². The summed E-state index contributed by atoms with van der Waals surface area (Å²) in [7, 11) is 4.25. The largest absolute Gasteiger partial charge is 0.350 e. The summed E-state index contributed by atoms with van der Waals surface area (Å²) < 4.78 is 3.87. The van der Waals surface area contributed by atoms with E-state index in [0.717, 1.165) is 35.2 Å². The molecule has 4 aromatic heterocycles. The molecule has 8 nitrogen and oxygen atoms in total. The van der Waals surface area contributed by atoms with Crippen LogP contribution in [0.4, 0.5) is 5.95 Å². The first-order chi connectivity index (χ1) is 13.1. The van der Waals surface area contributed by atoms with Crippen LogP contribution < -0.4 is 5.32 Å². The summed E-state index contributed by atoms with van der Waals surface area (Å²) in [5.74, 6) is 1.38. The van der Waals surface area contributed by atoms with E-state index in [1.54, 1.807) is 0 Å². The molecule has 0 unspecified atom stereocenters. The number of nitrogens with one attached hydrogen (secondary N) is 1. The van der Waals surface area contributed by atoms with Crippen LogP contribution in [0.25, 0.3) is 22.4 Å². The Kier molecular flexibility index (Phi) is 3.61. The predicted molar refractivity (Wildman–Crippen MR) is 104 cm³/mol. The Morgan fingerprint density at radius 3 is 2.74 bits per heavy atom. The van der Waals surface area contributed by atoms with E-state index in [9.17, 15) is 0 Å². The van der Waals surface area contributed by atoms with E-state index in [2.05, 4.69) is 50.6 Å². The number of aromatic nitrogens is 6. The lowest BCUT2D eigenvalue weighted by Gasteiger charge is -2.39. The summed E-state index contributed by atoms with van der Waals surface area (Å²) in [4.78, 5) is 15.5. The lowest BCUT2D eigenvalue weighted by molar-refractivity contribution is 0.177. The van der Waals surface area contributed by atoms with E-state index in [1.165, 1.54) is 0 Å². The van der Waals surface area contributed by atoms with Crippen LogP contribution in [0.3, 0.4) is 0 Å². The molecule has 1 N–H and O–H groups in total. The molecule has 0 saturated heterocycles. The van der Waals surface area contributed by atoms with Crippen molar-refractivity contribution >= 4 is 17.2 Å². The van der Waals surface area contributed by atoms with E-state index in [1.807, 2.05) is 46.7 Å². The number of hydrogen-bond acceptors (Lipinski definition) is 6. The lowest BCUT2D eigenvalue weighted by Crippen LogP contribution is -2.47. The molecule has 138 valence electrons. The highest BCUT2D eigenvalue weighted by Crippen LogP contribution is 2.28. The third-order valence-electron chi connectivity index (χ3n) is 5.45. The Morgan fingerprint density at radius 1 is 1.11 bits per heavy atom. The van der Waals surface area contributed by atoms with Crippen molar-refractivity contribution in [1.82, 2.24) is 33.9 Å². The van der Waals surface area contributed by atoms with Gasteiger partial charge in [-0.1, -0.05) is 0 Å². The Hall–Kier alpha value is -3.00. The summed E-state index contributed by atoms with van der Waals surface area (Å²) in [5, 5.41) is 8.06. The van der Waals surface area contributed by atoms with Crippen LogP contribution in [0.5, 0.6) is 0 Å². The minimum Gasteiger partial charge on any atom is -0.350 e. The van der Waals surface area contributed by atoms with Gasteiger partial charge in [0.2, 0.25) is 11.7 Å². The number of anilines is 1. The molecule has 0 aliphatic heterocycles. The van der Waals surface area contributed by atoms with Gasteiger partial charge in [-0.05, 0) is 39.9 Å². The third-order valence-corrected chi connectivity index (χ3v) is 5.45. The first-order valence-electron chi connectivity index (χ1n) is 9.16. The lowest BCUT2D eigenvalue weighted by atomic mass is 9.86. The van der Waals surface area contributed by atoms with Crippen molar-refractivity contribution < 1.29 is 0 Å². The quantitative estimate of drug-likeness (QED) is 0.600. The highest BCUT2D eigenvalue weighted by Gasteiger charge is 2.30. The number of imidazole rings is 1. The van der Waals surface area contributed by atoms with Gasteiger partial charge in [0.1, 0.15) is 0 Å². The minimum absolute atomic E-state index is 0.445. The fourth-order valence-corrected chi connectivity index (χ4v) is 3.65. The first-order valence-corrected chi connectivity index (χ1v) is 9.16. The van der Waals surface area contributed by atoms with Crippen LogP contribution in [0.15, 0.2) is 37.1 Å². The molecule has 1 aliphatic carbocycles. The zero-order valence-electron chi connectivity index (χ0n) is 15.7. The average molecular weight is 362 g/mol. The average Bonchev–Trinajstić information content (AvgIpc) is 3.20. The summed E-state index contributed by atoms with van der Waals surface area (Å²) >= 11 is 0. The third kappa shape index (κ3) is 2.73. The normalized spacial score (nSPS) is 19.7. The van der Waals surface area contributed by atoms with E-state index >= 15 is 0 Å². The smallest absolute Gasteiger partial charge is 0.241 e. The van der Waals surface area contributed by atoms with Crippen molar-refractivity contribution in [1.29, 1.82) is 0 Å². The van der Waals surface area contributed by atoms with Gasteiger partial charge in [-0.15, -0.1) is 5.10 Å². The molecule has 27 heavy (non-hydrogen) atoms. The molecule has 8 heteroatoms. The monoisotopic (exact) mass is 362 g/mol. The molecule has 4 aromatic rings. The van der Waals surface area contributed by atoms with Crippen molar-refractivity contribution in [3.63, 3.8) is 0 Å². The van der Waals surface area contributed by atoms with Gasteiger partial charge < -0.3 is 10.2 Å². The summed E-state index contributed by atoms with van der Waals surface area (Å²) in [5.41, 5.74) is 4.09. The van der Waals surface area contributed by atoms with Gasteiger partial charge in [-0.2, -0.15) is 0 Å². The Labute approximate surface area is 156 Å². The van der Waals surface area contributed by atoms with Gasteiger partial charge in [0.15, 0.2) is 0 Å². The zero-order chi connectivity index (χ0) is 18.5. The first kappa shape index (κ1) is 16.2. The van der Waals surface area contributed by atoms with E-state index in [4.69, 9.17) is 0 Å². The van der Waals surface area contributed by atoms with Crippen molar-refractivity contribution in [2.45, 2.75) is 31.8 Å². The molecule has 1 fully saturated rings. The maximum Gasteiger partial charge on any atom is 0.241 e. The van der Waals surface area contributed by atoms with Crippen LogP contribution in [-0.2, 0) is 0 Å². The molecular weight excluding hydrogens is 340 g/mol. The van der Waals surface area contributed by atoms with Crippen LogP contribution in [0.2, 0.25) is 0 Å². The SMILES string of the molecule is Cc1cnc2ncc(-c3ccn4nc(NC5CC(N(C)C)C5)ncc34)cn12. The van der Waals surface area contributed by atoms with Crippen molar-refractivity contribution in [3.8, 4) is 11.1 Å². The van der Waals surface area contributed by atoms with Gasteiger partial charge in [0.25, 0.3) is 0 Å². The van der Waals surface area contributed by atoms with Gasteiger partial charge >= 0.3 is 0 Å². The van der Waals surface area contributed by atoms with Crippen molar-refractivity contribution in [3.05, 3.63) is 42.7 Å². The summed E-state index contributed by atoms with van der Waals surface area (Å²) in [6.45, 7) is 2.02. The molecule has 1 aliphatic rings. The second-order valence-corrected chi connectivity index (χ2v) is 7.48. The Bertz CT molecular complexity index is 1120. The zero-order valence-corrected chi connectivity index (χ0v) is 15.7. The van der Waals surface area contributed by atoms with Crippen LogP contribution >= 0.6 is 0 Å². The van der Waals surface area contributed by atoms with Crippen molar-refractivity contribution in [2.75, 3.05) is 19.4 Å². The van der Waals surface area contributed by atoms with Gasteiger partial charge in [0, 0.05) is 47.5 Å². The molecule has 0 amide bonds. The topological polar surface area (TPSA) is 75.7 Å². The van der Waals surface area contributed by atoms with E-state index in [-0.39, 0.29) is 0 Å². The molecule has 1 saturated carbocycles. The van der Waals surface area contributed by atoms with Crippen LogP contribution in [0, 0.1) is 6.92 Å². The summed E-state index contributed by atoms with van der Waals surface area (Å²) in [6.07, 6.45) is 11.8. The maximum atomic E-state index is 4.62. The van der Waals surface area contributed by atoms with Gasteiger partial charge in [-0.3, -0.25) is 4.40 Å². The number of hydrogen-bond donors (Lipinski definition) is 1. The molecular formula is C19H22N8. The molecule has 4 heterocycles. The standard InChI is InChI=1S/C19H22N8/c1-12-8-21-19-22-9-13(11-26(12)19)16-4-5-27-17(16)10-20-18(24-27)23-14-6-15(7-14)25(2)3/h4-5,8-11,14-15H,6-7H2,1-3H3,(H,23,24). The number of nitrogens with zero attached hydrogens (tertiary/aromatic N) is 7. The molecule has 0 aromatic carbocycles. The molecule has 0 bridgehead atoms. The van der Waals surface area contributed by atoms with Gasteiger partial charge in [0.05, 0.1) is 17.9 Å². The maximum absolute atomic E-state index is 4.62. The van der Waals surface area contributed by atoms with Gasteiger partial charge in [-0.25, -0.2) is 19.5 Å². The van der Waals surface area contributed by atoms with E-state index < -0.39 is 0 Å². The fourth-order valence-electron chi connectivity index (χ4n) is 3.65. The highest BCUT2D eigenvalue weighted by molar-refractivity contribution is 5.79. The van der Waals surface area contributed by atoms with E-state index in [0.29, 0.717) is 23.8 Å². The predicted octanol–water partition coefficient (Wildman–Crippen LogP) is 2.25. The van der Waals surface area contributed by atoms with Crippen LogP contribution in [0.1, 0.15) is 18.5 Å². The molecule has 0 spiro atoms. The Morgan fingerprint density at radius 2 is 1.93 bits per heavy atom. The molecule has 0 radical (unpaired) electrons. The summed E-state index contributed by atoms with van der Waals surface area (Å²) in [6, 6.07) is 3.15. The Balaban J connectivity index is 1.42. The second-order valence-electron chi connectivity index (χ2n) is 7.48. The number of fused-ring (bicyclic) bond motifs is 2. The number of rotatable bonds is 4. The fraction of sp³-hybridized carbons (Fsp3) is 0.368. The second kappa shape index (κ2) is 6.02. The number of aryl methyl sites for hydroxylation is 1. The molecule has 0 atom stereocenters. The minimum atomic E-state index is 0.445. The molecule has 5 rings (SSSR count). The van der Waals surface area contributed by atoms with Crippen molar-refractivity contribution in [2.24, 2.45) is 0 Å². The highest BCUT2D eigenvalue weighted by atomic mass is 15.3.